The van der Waals surface area contributed by atoms with Gasteiger partial charge in [-0.15, -0.1) is 0 Å². The molecule has 4 heteroatoms. The fraction of sp³-hybridized carbons (Fsp3) is 0.364. The van der Waals surface area contributed by atoms with Crippen LogP contribution in [0.25, 0.3) is 0 Å². The molecule has 1 aromatic carbocycles. The molecule has 4 nitrogen and oxygen atoms in total. The number of carbonyl (C=O) groups excluding carboxylic acids is 1. The third-order valence-electron chi connectivity index (χ3n) is 2.58. The number of amides is 1. The van der Waals surface area contributed by atoms with Crippen LogP contribution in [0.1, 0.15) is 18.4 Å². The molecule has 1 aliphatic rings. The van der Waals surface area contributed by atoms with Gasteiger partial charge in [0, 0.05) is 18.5 Å². The molecule has 1 heterocycles. The van der Waals surface area contributed by atoms with Gasteiger partial charge in [0.1, 0.15) is 6.23 Å². The molecule has 0 radical (unpaired) electrons. The Hall–Kier alpha value is -1.39. The molecule has 0 saturated carbocycles. The lowest BCUT2D eigenvalue weighted by atomic mass is 10.2. The van der Waals surface area contributed by atoms with E-state index in [1.807, 2.05) is 0 Å². The molecule has 0 spiro atoms. The van der Waals surface area contributed by atoms with Crippen LogP contribution in [0.15, 0.2) is 24.3 Å². The molecule has 1 aliphatic heterocycles. The summed E-state index contributed by atoms with van der Waals surface area (Å²) >= 11 is 0. The van der Waals surface area contributed by atoms with Crippen LogP contribution in [0, 0.1) is 0 Å². The lowest BCUT2D eigenvalue weighted by Gasteiger charge is -2.20. The monoisotopic (exact) mass is 207 g/mol. The fourth-order valence-electron chi connectivity index (χ4n) is 1.75. The van der Waals surface area contributed by atoms with E-state index in [0.717, 1.165) is 5.56 Å². The molecule has 1 aromatic rings. The highest BCUT2D eigenvalue weighted by molar-refractivity contribution is 5.95. The molecule has 80 valence electrons. The van der Waals surface area contributed by atoms with Crippen LogP contribution in [-0.4, -0.2) is 22.3 Å². The number of anilines is 1. The van der Waals surface area contributed by atoms with Crippen LogP contribution >= 0.6 is 0 Å². The van der Waals surface area contributed by atoms with Crippen molar-refractivity contribution in [2.75, 3.05) is 4.90 Å². The SMILES string of the molecule is O=C1CCC(O)N1c1ccc(CO)cc1. The zero-order valence-electron chi connectivity index (χ0n) is 8.26. The minimum absolute atomic E-state index is 0.0171. The summed E-state index contributed by atoms with van der Waals surface area (Å²) in [6, 6.07) is 6.96. The predicted molar refractivity (Wildman–Crippen MR) is 55.1 cm³/mol. The molecule has 0 aromatic heterocycles. The van der Waals surface area contributed by atoms with Gasteiger partial charge in [-0.1, -0.05) is 12.1 Å². The average molecular weight is 207 g/mol. The van der Waals surface area contributed by atoms with Gasteiger partial charge < -0.3 is 10.2 Å². The van der Waals surface area contributed by atoms with Crippen LogP contribution in [-0.2, 0) is 11.4 Å². The van der Waals surface area contributed by atoms with Crippen molar-refractivity contribution >= 4 is 11.6 Å². The maximum absolute atomic E-state index is 11.5. The van der Waals surface area contributed by atoms with Crippen molar-refractivity contribution < 1.29 is 15.0 Å². The lowest BCUT2D eigenvalue weighted by molar-refractivity contribution is -0.117. The molecule has 0 bridgehead atoms. The summed E-state index contributed by atoms with van der Waals surface area (Å²) < 4.78 is 0. The van der Waals surface area contributed by atoms with E-state index in [4.69, 9.17) is 5.11 Å². The molecule has 1 fully saturated rings. The van der Waals surface area contributed by atoms with Crippen molar-refractivity contribution in [1.29, 1.82) is 0 Å². The molecule has 2 N–H and O–H groups in total. The van der Waals surface area contributed by atoms with Gasteiger partial charge >= 0.3 is 0 Å². The molecule has 1 amide bonds. The number of hydrogen-bond acceptors (Lipinski definition) is 3. The number of aliphatic hydroxyl groups excluding tert-OH is 2. The molecule has 2 rings (SSSR count). The lowest BCUT2D eigenvalue weighted by Crippen LogP contribution is -2.32. The van der Waals surface area contributed by atoms with Crippen LogP contribution in [0.2, 0.25) is 0 Å². The van der Waals surface area contributed by atoms with Crippen molar-refractivity contribution in [3.8, 4) is 0 Å². The maximum Gasteiger partial charge on any atom is 0.229 e. The van der Waals surface area contributed by atoms with Gasteiger partial charge in [-0.2, -0.15) is 0 Å². The number of aliphatic hydroxyl groups is 2. The summed E-state index contributed by atoms with van der Waals surface area (Å²) in [5, 5.41) is 18.5. The highest BCUT2D eigenvalue weighted by Crippen LogP contribution is 2.25. The van der Waals surface area contributed by atoms with Crippen molar-refractivity contribution in [3.63, 3.8) is 0 Å². The van der Waals surface area contributed by atoms with Gasteiger partial charge in [0.25, 0.3) is 0 Å². The summed E-state index contributed by atoms with van der Waals surface area (Å²) in [4.78, 5) is 12.8. The quantitative estimate of drug-likeness (QED) is 0.747. The van der Waals surface area contributed by atoms with Crippen molar-refractivity contribution in [2.45, 2.75) is 25.7 Å². The Labute approximate surface area is 87.8 Å². The van der Waals surface area contributed by atoms with E-state index in [9.17, 15) is 9.90 Å². The molecule has 1 unspecified atom stereocenters. The third-order valence-corrected chi connectivity index (χ3v) is 2.58. The Kier molecular flexibility index (Phi) is 2.70. The highest BCUT2D eigenvalue weighted by Gasteiger charge is 2.30. The fourth-order valence-corrected chi connectivity index (χ4v) is 1.75. The first-order chi connectivity index (χ1) is 7.22. The minimum atomic E-state index is -0.711. The summed E-state index contributed by atoms with van der Waals surface area (Å²) in [6.45, 7) is -0.0171. The topological polar surface area (TPSA) is 60.8 Å². The first-order valence-corrected chi connectivity index (χ1v) is 4.92. The van der Waals surface area contributed by atoms with E-state index in [1.54, 1.807) is 24.3 Å². The largest absolute Gasteiger partial charge is 0.392 e. The molecular weight excluding hydrogens is 194 g/mol. The van der Waals surface area contributed by atoms with Crippen LogP contribution in [0.5, 0.6) is 0 Å². The van der Waals surface area contributed by atoms with Crippen LogP contribution in [0.3, 0.4) is 0 Å². The Morgan fingerprint density at radius 1 is 1.33 bits per heavy atom. The molecule has 15 heavy (non-hydrogen) atoms. The second-order valence-corrected chi connectivity index (χ2v) is 3.61. The van der Waals surface area contributed by atoms with E-state index >= 15 is 0 Å². The van der Waals surface area contributed by atoms with Gasteiger partial charge in [0.15, 0.2) is 0 Å². The van der Waals surface area contributed by atoms with E-state index in [1.165, 1.54) is 4.90 Å². The molecule has 1 saturated heterocycles. The summed E-state index contributed by atoms with van der Waals surface area (Å²) in [7, 11) is 0. The van der Waals surface area contributed by atoms with Gasteiger partial charge in [-0.05, 0) is 17.7 Å². The van der Waals surface area contributed by atoms with Gasteiger partial charge in [0.2, 0.25) is 5.91 Å². The number of hydrogen-bond donors (Lipinski definition) is 2. The molecule has 1 atom stereocenters. The Morgan fingerprint density at radius 2 is 2.00 bits per heavy atom. The van der Waals surface area contributed by atoms with Crippen LogP contribution < -0.4 is 4.90 Å². The second kappa shape index (κ2) is 4.00. The zero-order chi connectivity index (χ0) is 10.8. The third kappa shape index (κ3) is 1.86. The first kappa shape index (κ1) is 10.1. The normalized spacial score (nSPS) is 21.1. The minimum Gasteiger partial charge on any atom is -0.392 e. The number of nitrogens with zero attached hydrogens (tertiary/aromatic N) is 1. The molecule has 0 aliphatic carbocycles. The highest BCUT2D eigenvalue weighted by atomic mass is 16.3. The summed E-state index contributed by atoms with van der Waals surface area (Å²) in [5.74, 6) is -0.0563. The summed E-state index contributed by atoms with van der Waals surface area (Å²) in [5.41, 5.74) is 1.47. The molecular formula is C11H13NO3. The number of carbonyl (C=O) groups is 1. The smallest absolute Gasteiger partial charge is 0.229 e. The van der Waals surface area contributed by atoms with Crippen molar-refractivity contribution in [3.05, 3.63) is 29.8 Å². The maximum atomic E-state index is 11.5. The van der Waals surface area contributed by atoms with Gasteiger partial charge in [-0.25, -0.2) is 0 Å². The zero-order valence-corrected chi connectivity index (χ0v) is 8.26. The average Bonchev–Trinajstić information content (AvgIpc) is 2.59. The first-order valence-electron chi connectivity index (χ1n) is 4.92. The Bertz CT molecular complexity index is 361. The number of benzene rings is 1. The van der Waals surface area contributed by atoms with E-state index in [-0.39, 0.29) is 12.5 Å². The summed E-state index contributed by atoms with van der Waals surface area (Å²) in [6.07, 6.45) is 0.168. The van der Waals surface area contributed by atoms with E-state index < -0.39 is 6.23 Å². The van der Waals surface area contributed by atoms with E-state index in [2.05, 4.69) is 0 Å². The van der Waals surface area contributed by atoms with Gasteiger partial charge in [0.05, 0.1) is 6.61 Å². The van der Waals surface area contributed by atoms with Gasteiger partial charge in [-0.3, -0.25) is 9.69 Å². The second-order valence-electron chi connectivity index (χ2n) is 3.61. The number of rotatable bonds is 2. The van der Waals surface area contributed by atoms with Crippen LogP contribution in [0.4, 0.5) is 5.69 Å². The Balaban J connectivity index is 2.25. The standard InChI is InChI=1S/C11H13NO3/c13-7-8-1-3-9(4-2-8)12-10(14)5-6-11(12)15/h1-4,10,13-14H,5-7H2. The van der Waals surface area contributed by atoms with E-state index in [0.29, 0.717) is 18.5 Å². The van der Waals surface area contributed by atoms with Crippen molar-refractivity contribution in [1.82, 2.24) is 0 Å². The Morgan fingerprint density at radius 3 is 2.47 bits per heavy atom. The van der Waals surface area contributed by atoms with Crippen molar-refractivity contribution in [2.24, 2.45) is 0 Å². The predicted octanol–water partition coefficient (Wildman–Crippen LogP) is 0.624.